The zero-order valence-corrected chi connectivity index (χ0v) is 21.7. The van der Waals surface area contributed by atoms with Crippen molar-refractivity contribution in [3.63, 3.8) is 0 Å². The smallest absolute Gasteiger partial charge is 0.399 e. The highest BCUT2D eigenvalue weighted by atomic mass is 19.4. The molecule has 1 amide bonds. The van der Waals surface area contributed by atoms with Crippen LogP contribution in [0.5, 0.6) is 0 Å². The highest BCUT2D eigenvalue weighted by Gasteiger charge is 2.35. The number of hydrogen-bond acceptors (Lipinski definition) is 8. The molecule has 202 valence electrons. The molecule has 1 aromatic carbocycles. The molecule has 2 aromatic heterocycles. The van der Waals surface area contributed by atoms with Gasteiger partial charge in [-0.3, -0.25) is 4.79 Å². The molecule has 4 heterocycles. The molecule has 2 aliphatic rings. The third-order valence-electron chi connectivity index (χ3n) is 7.09. The summed E-state index contributed by atoms with van der Waals surface area (Å²) in [6.07, 6.45) is -2.36. The zero-order chi connectivity index (χ0) is 27.4. The van der Waals surface area contributed by atoms with Crippen LogP contribution < -0.4 is 21.3 Å². The number of amides is 1. The number of nitrogens with one attached hydrogen (secondary N) is 2. The molecule has 4 N–H and O–H groups in total. The summed E-state index contributed by atoms with van der Waals surface area (Å²) in [5.41, 5.74) is 6.17. The summed E-state index contributed by atoms with van der Waals surface area (Å²) >= 11 is 0. The van der Waals surface area contributed by atoms with E-state index in [9.17, 15) is 18.0 Å². The first-order valence-corrected chi connectivity index (χ1v) is 12.5. The molecule has 5 rings (SSSR count). The molecule has 2 aliphatic heterocycles. The van der Waals surface area contributed by atoms with Crippen molar-refractivity contribution in [1.82, 2.24) is 25.2 Å². The van der Waals surface area contributed by atoms with Gasteiger partial charge in [-0.2, -0.15) is 13.2 Å². The maximum absolute atomic E-state index is 13.4. The van der Waals surface area contributed by atoms with Crippen molar-refractivity contribution in [3.8, 4) is 0 Å². The molecule has 9 nitrogen and oxygen atoms in total. The predicted octanol–water partition coefficient (Wildman–Crippen LogP) is 3.75. The van der Waals surface area contributed by atoms with Gasteiger partial charge in [0.25, 0.3) is 5.91 Å². The first-order chi connectivity index (χ1) is 17.9. The van der Waals surface area contributed by atoms with E-state index in [0.29, 0.717) is 51.7 Å². The normalized spacial score (nSPS) is 20.0. The number of carbonyl (C=O) groups is 1. The molecular weight excluding hydrogens is 497 g/mol. The Morgan fingerprint density at radius 1 is 1.13 bits per heavy atom. The van der Waals surface area contributed by atoms with Gasteiger partial charge in [0.05, 0.1) is 22.6 Å². The Balaban J connectivity index is 1.57. The van der Waals surface area contributed by atoms with Crippen LogP contribution in [0.15, 0.2) is 24.3 Å². The lowest BCUT2D eigenvalue weighted by molar-refractivity contribution is -0.137. The standard InChI is InChI=1S/C26H31F3N8O/c1-13(15-7-16(26(27,28)29)9-17(30)8-15)31-22-20-10-21(25(38)36(3)4)24(35-23(20)33-14(2)32-22)37-11-18-5-6-19(12-37)34-18/h7-10,13,18-19,34H,5-6,11-12,30H2,1-4H3,(H,31,32,33,35)/t13-,18?,19?/m1/s1. The Bertz CT molecular complexity index is 1380. The van der Waals surface area contributed by atoms with Crippen LogP contribution in [0.3, 0.4) is 0 Å². The van der Waals surface area contributed by atoms with Crippen LogP contribution in [-0.4, -0.2) is 65.0 Å². The summed E-state index contributed by atoms with van der Waals surface area (Å²) in [6, 6.07) is 5.33. The van der Waals surface area contributed by atoms with E-state index in [1.54, 1.807) is 34.0 Å². The van der Waals surface area contributed by atoms with E-state index in [2.05, 4.69) is 25.5 Å². The quantitative estimate of drug-likeness (QED) is 0.430. The van der Waals surface area contributed by atoms with Crippen LogP contribution in [0.25, 0.3) is 11.0 Å². The Morgan fingerprint density at radius 3 is 2.45 bits per heavy atom. The van der Waals surface area contributed by atoms with Gasteiger partial charge in [-0.15, -0.1) is 0 Å². The second kappa shape index (κ2) is 9.57. The molecule has 0 aliphatic carbocycles. The summed E-state index contributed by atoms with van der Waals surface area (Å²) in [5, 5.41) is 7.30. The van der Waals surface area contributed by atoms with Crippen molar-refractivity contribution in [2.24, 2.45) is 0 Å². The number of halogens is 3. The molecule has 0 spiro atoms. The number of anilines is 3. The molecule has 2 fully saturated rings. The van der Waals surface area contributed by atoms with Crippen LogP contribution in [0.4, 0.5) is 30.5 Å². The molecule has 38 heavy (non-hydrogen) atoms. The van der Waals surface area contributed by atoms with Crippen LogP contribution in [0.2, 0.25) is 0 Å². The largest absolute Gasteiger partial charge is 0.416 e. The minimum Gasteiger partial charge on any atom is -0.399 e. The maximum Gasteiger partial charge on any atom is 0.416 e. The summed E-state index contributed by atoms with van der Waals surface area (Å²) < 4.78 is 40.1. The van der Waals surface area contributed by atoms with Crippen molar-refractivity contribution in [2.75, 3.05) is 43.1 Å². The molecule has 2 unspecified atom stereocenters. The van der Waals surface area contributed by atoms with Gasteiger partial charge in [-0.05, 0) is 56.5 Å². The molecular formula is C26H31F3N8O. The molecule has 0 saturated carbocycles. The third-order valence-corrected chi connectivity index (χ3v) is 7.09. The van der Waals surface area contributed by atoms with E-state index in [1.807, 2.05) is 0 Å². The van der Waals surface area contributed by atoms with Gasteiger partial charge in [0.15, 0.2) is 5.65 Å². The first-order valence-electron chi connectivity index (χ1n) is 12.5. The fourth-order valence-corrected chi connectivity index (χ4v) is 5.25. The number of pyridine rings is 1. The number of nitrogen functional groups attached to an aromatic ring is 1. The number of rotatable bonds is 5. The topological polar surface area (TPSA) is 112 Å². The Morgan fingerprint density at radius 2 is 1.82 bits per heavy atom. The number of carbonyl (C=O) groups excluding carboxylic acids is 1. The molecule has 0 radical (unpaired) electrons. The average Bonchev–Trinajstić information content (AvgIpc) is 3.18. The van der Waals surface area contributed by atoms with Gasteiger partial charge in [0.2, 0.25) is 0 Å². The van der Waals surface area contributed by atoms with Gasteiger partial charge >= 0.3 is 6.18 Å². The van der Waals surface area contributed by atoms with Crippen molar-refractivity contribution in [1.29, 1.82) is 0 Å². The first kappa shape index (κ1) is 26.0. The second-order valence-electron chi connectivity index (χ2n) is 10.3. The second-order valence-corrected chi connectivity index (χ2v) is 10.3. The number of hydrogen-bond donors (Lipinski definition) is 3. The van der Waals surface area contributed by atoms with Crippen molar-refractivity contribution >= 4 is 34.3 Å². The molecule has 3 atom stereocenters. The van der Waals surface area contributed by atoms with Gasteiger partial charge in [0.1, 0.15) is 17.5 Å². The highest BCUT2D eigenvalue weighted by molar-refractivity contribution is 6.03. The third kappa shape index (κ3) is 5.04. The van der Waals surface area contributed by atoms with Crippen LogP contribution in [-0.2, 0) is 6.18 Å². The number of nitrogens with zero attached hydrogens (tertiary/aromatic N) is 5. The minimum atomic E-state index is -4.52. The Labute approximate surface area is 218 Å². The van der Waals surface area contributed by atoms with E-state index in [-0.39, 0.29) is 11.6 Å². The number of aromatic nitrogens is 3. The van der Waals surface area contributed by atoms with Gasteiger partial charge in [-0.1, -0.05) is 0 Å². The molecule has 2 saturated heterocycles. The van der Waals surface area contributed by atoms with E-state index in [0.717, 1.165) is 38.1 Å². The minimum absolute atomic E-state index is 0.0161. The van der Waals surface area contributed by atoms with E-state index < -0.39 is 17.8 Å². The van der Waals surface area contributed by atoms with Crippen LogP contribution in [0.1, 0.15) is 53.1 Å². The lowest BCUT2D eigenvalue weighted by atomic mass is 10.0. The Kier molecular flexibility index (Phi) is 6.54. The monoisotopic (exact) mass is 528 g/mol. The number of fused-ring (bicyclic) bond motifs is 3. The highest BCUT2D eigenvalue weighted by Crippen LogP contribution is 2.35. The number of aryl methyl sites for hydroxylation is 1. The summed E-state index contributed by atoms with van der Waals surface area (Å²) in [4.78, 5) is 30.8. The zero-order valence-electron chi connectivity index (χ0n) is 21.7. The Hall–Kier alpha value is -3.67. The fourth-order valence-electron chi connectivity index (χ4n) is 5.25. The van der Waals surface area contributed by atoms with Crippen molar-refractivity contribution < 1.29 is 18.0 Å². The summed E-state index contributed by atoms with van der Waals surface area (Å²) in [7, 11) is 3.37. The van der Waals surface area contributed by atoms with Gasteiger partial charge < -0.3 is 26.2 Å². The lowest BCUT2D eigenvalue weighted by Crippen LogP contribution is -2.52. The van der Waals surface area contributed by atoms with Gasteiger partial charge in [-0.25, -0.2) is 15.0 Å². The summed E-state index contributed by atoms with van der Waals surface area (Å²) in [6.45, 7) is 4.93. The maximum atomic E-state index is 13.4. The number of alkyl halides is 3. The average molecular weight is 529 g/mol. The van der Waals surface area contributed by atoms with E-state index >= 15 is 0 Å². The number of nitrogens with two attached hydrogens (primary N) is 1. The number of benzene rings is 1. The van der Waals surface area contributed by atoms with Gasteiger partial charge in [0, 0.05) is 45.0 Å². The molecule has 12 heteroatoms. The number of piperazine rings is 1. The predicted molar refractivity (Wildman–Crippen MR) is 140 cm³/mol. The van der Waals surface area contributed by atoms with Crippen LogP contribution >= 0.6 is 0 Å². The molecule has 2 bridgehead atoms. The van der Waals surface area contributed by atoms with E-state index in [4.69, 9.17) is 10.7 Å². The van der Waals surface area contributed by atoms with E-state index in [1.165, 1.54) is 11.0 Å². The SMILES string of the molecule is Cc1nc(N[C@H](C)c2cc(N)cc(C(F)(F)F)c2)c2cc(C(=O)N(C)C)c(N3CC4CCC(C3)N4)nc2n1. The van der Waals surface area contributed by atoms with Crippen molar-refractivity contribution in [3.05, 3.63) is 46.8 Å². The lowest BCUT2D eigenvalue weighted by Gasteiger charge is -2.35. The van der Waals surface area contributed by atoms with Crippen molar-refractivity contribution in [2.45, 2.75) is 51.0 Å². The molecule has 3 aromatic rings. The fraction of sp³-hybridized carbons (Fsp3) is 0.462. The summed E-state index contributed by atoms with van der Waals surface area (Å²) in [5.74, 6) is 1.20. The van der Waals surface area contributed by atoms with Crippen LogP contribution in [0, 0.1) is 6.92 Å².